The molecule has 0 bridgehead atoms. The Bertz CT molecular complexity index is 780. The molecule has 0 aliphatic rings. The number of carbonyl (C=O) groups excluding carboxylic acids is 2. The summed E-state index contributed by atoms with van der Waals surface area (Å²) in [5.74, 6) is -0.757. The summed E-state index contributed by atoms with van der Waals surface area (Å²) in [6, 6.07) is 5.53. The minimum atomic E-state index is -0.571. The molecule has 2 aromatic carbocycles. The zero-order valence-corrected chi connectivity index (χ0v) is 17.7. The number of carbonyl (C=O) groups is 2. The van der Waals surface area contributed by atoms with E-state index in [1.807, 2.05) is 0 Å². The first-order valence-corrected chi connectivity index (χ1v) is 9.20. The predicted octanol–water partition coefficient (Wildman–Crippen LogP) is 5.33. The molecule has 0 aromatic heterocycles. The van der Waals surface area contributed by atoms with E-state index < -0.39 is 11.9 Å². The predicted molar refractivity (Wildman–Crippen MR) is 107 cm³/mol. The lowest BCUT2D eigenvalue weighted by atomic mass is 10.2. The maximum Gasteiger partial charge on any atom is 0.337 e. The quantitative estimate of drug-likeness (QED) is 0.404. The molecule has 2 aromatic rings. The Balaban J connectivity index is 2.02. The van der Waals surface area contributed by atoms with Crippen LogP contribution in [0, 0.1) is 0 Å². The molecule has 0 atom stereocenters. The van der Waals surface area contributed by atoms with Gasteiger partial charge in [0.2, 0.25) is 0 Å². The highest BCUT2D eigenvalue weighted by molar-refractivity contribution is 6.38. The lowest BCUT2D eigenvalue weighted by Gasteiger charge is -2.14. The summed E-state index contributed by atoms with van der Waals surface area (Å²) in [7, 11) is 2.50. The van der Waals surface area contributed by atoms with Crippen molar-refractivity contribution in [2.45, 2.75) is 0 Å². The molecular weight excluding hydrogens is 454 g/mol. The topological polar surface area (TPSA) is 71.1 Å². The molecule has 0 unspecified atom stereocenters. The lowest BCUT2D eigenvalue weighted by Crippen LogP contribution is -2.11. The van der Waals surface area contributed by atoms with E-state index in [0.29, 0.717) is 0 Å². The monoisotopic (exact) mass is 466 g/mol. The van der Waals surface area contributed by atoms with Crippen molar-refractivity contribution in [3.63, 3.8) is 0 Å². The summed E-state index contributed by atoms with van der Waals surface area (Å²) in [4.78, 5) is 23.1. The molecule has 10 heteroatoms. The van der Waals surface area contributed by atoms with E-state index in [1.165, 1.54) is 38.5 Å². The molecule has 150 valence electrons. The number of hydrogen-bond donors (Lipinski definition) is 0. The first kappa shape index (κ1) is 22.4. The van der Waals surface area contributed by atoms with E-state index in [-0.39, 0.29) is 55.9 Å². The average Bonchev–Trinajstić information content (AvgIpc) is 2.66. The van der Waals surface area contributed by atoms with Crippen LogP contribution >= 0.6 is 46.4 Å². The van der Waals surface area contributed by atoms with Gasteiger partial charge in [-0.05, 0) is 24.3 Å². The Hall–Kier alpha value is -1.86. The van der Waals surface area contributed by atoms with Crippen LogP contribution in [-0.2, 0) is 9.47 Å². The van der Waals surface area contributed by atoms with Crippen LogP contribution in [0.25, 0.3) is 0 Å². The van der Waals surface area contributed by atoms with Gasteiger partial charge in [0.05, 0.1) is 45.4 Å². The van der Waals surface area contributed by atoms with Gasteiger partial charge in [-0.15, -0.1) is 0 Å². The van der Waals surface area contributed by atoms with Gasteiger partial charge in [-0.2, -0.15) is 0 Å². The largest absolute Gasteiger partial charge is 0.487 e. The minimum absolute atomic E-state index is 0.0580. The second kappa shape index (κ2) is 10.1. The Kier molecular flexibility index (Phi) is 8.07. The molecule has 0 amide bonds. The van der Waals surface area contributed by atoms with E-state index >= 15 is 0 Å². The van der Waals surface area contributed by atoms with Crippen molar-refractivity contribution in [2.75, 3.05) is 27.4 Å². The third-order valence-corrected chi connectivity index (χ3v) is 4.54. The number of halogens is 4. The van der Waals surface area contributed by atoms with Crippen molar-refractivity contribution >= 4 is 58.3 Å². The molecule has 6 nitrogen and oxygen atoms in total. The average molecular weight is 468 g/mol. The van der Waals surface area contributed by atoms with Crippen LogP contribution in [0.15, 0.2) is 24.3 Å². The molecule has 0 saturated carbocycles. The van der Waals surface area contributed by atoms with Gasteiger partial charge in [0, 0.05) is 0 Å². The Morgan fingerprint density at radius 1 is 0.679 bits per heavy atom. The number of methoxy groups -OCH3 is 2. The van der Waals surface area contributed by atoms with Crippen molar-refractivity contribution in [1.29, 1.82) is 0 Å². The number of rotatable bonds is 7. The SMILES string of the molecule is COC(=O)c1cc(Cl)c(OCCOc2c(Cl)cc(C(=O)OC)cc2Cl)c(Cl)c1. The van der Waals surface area contributed by atoms with E-state index in [1.54, 1.807) is 0 Å². The van der Waals surface area contributed by atoms with Crippen LogP contribution in [-0.4, -0.2) is 39.4 Å². The Morgan fingerprint density at radius 2 is 0.964 bits per heavy atom. The molecular formula is C18H14Cl4O6. The lowest BCUT2D eigenvalue weighted by molar-refractivity contribution is 0.0591. The van der Waals surface area contributed by atoms with Crippen LogP contribution in [0.4, 0.5) is 0 Å². The summed E-state index contributed by atoms with van der Waals surface area (Å²) in [6.45, 7) is 0.116. The summed E-state index contributed by atoms with van der Waals surface area (Å²) in [6.07, 6.45) is 0. The maximum atomic E-state index is 11.5. The van der Waals surface area contributed by atoms with E-state index in [0.717, 1.165) is 0 Å². The third kappa shape index (κ3) is 5.35. The summed E-state index contributed by atoms with van der Waals surface area (Å²) < 4.78 is 20.3. The smallest absolute Gasteiger partial charge is 0.337 e. The van der Waals surface area contributed by atoms with Gasteiger partial charge in [-0.1, -0.05) is 46.4 Å². The number of ether oxygens (including phenoxy) is 4. The van der Waals surface area contributed by atoms with E-state index in [9.17, 15) is 9.59 Å². The van der Waals surface area contributed by atoms with Gasteiger partial charge in [0.15, 0.2) is 11.5 Å². The van der Waals surface area contributed by atoms with E-state index in [2.05, 4.69) is 9.47 Å². The first-order chi connectivity index (χ1) is 13.3. The molecule has 2 rings (SSSR count). The summed E-state index contributed by atoms with van der Waals surface area (Å²) in [5.41, 5.74) is 0.399. The standard InChI is InChI=1S/C18H14Cl4O6/c1-25-17(23)9-5-11(19)15(12(20)6-9)27-3-4-28-16-13(21)7-10(8-14(16)22)18(24)26-2/h5-8H,3-4H2,1-2H3. The van der Waals surface area contributed by atoms with Crippen molar-refractivity contribution in [3.8, 4) is 11.5 Å². The van der Waals surface area contributed by atoms with Crippen molar-refractivity contribution in [2.24, 2.45) is 0 Å². The normalized spacial score (nSPS) is 10.4. The highest BCUT2D eigenvalue weighted by Gasteiger charge is 2.16. The van der Waals surface area contributed by atoms with Crippen LogP contribution in [0.2, 0.25) is 20.1 Å². The molecule has 0 heterocycles. The van der Waals surface area contributed by atoms with Gasteiger partial charge in [0.1, 0.15) is 13.2 Å². The third-order valence-electron chi connectivity index (χ3n) is 3.41. The number of hydrogen-bond acceptors (Lipinski definition) is 6. The van der Waals surface area contributed by atoms with Crippen molar-refractivity contribution in [1.82, 2.24) is 0 Å². The Labute approximate surface area is 181 Å². The highest BCUT2D eigenvalue weighted by atomic mass is 35.5. The van der Waals surface area contributed by atoms with Crippen LogP contribution in [0.5, 0.6) is 11.5 Å². The van der Waals surface area contributed by atoms with E-state index in [4.69, 9.17) is 55.9 Å². The molecule has 0 saturated heterocycles. The highest BCUT2D eigenvalue weighted by Crippen LogP contribution is 2.36. The van der Waals surface area contributed by atoms with Gasteiger partial charge in [-0.3, -0.25) is 0 Å². The molecule has 0 fully saturated rings. The zero-order chi connectivity index (χ0) is 20.8. The second-order valence-corrected chi connectivity index (χ2v) is 6.85. The first-order valence-electron chi connectivity index (χ1n) is 7.68. The minimum Gasteiger partial charge on any atom is -0.487 e. The van der Waals surface area contributed by atoms with Crippen molar-refractivity contribution in [3.05, 3.63) is 55.5 Å². The number of esters is 2. The van der Waals surface area contributed by atoms with Gasteiger partial charge in [-0.25, -0.2) is 9.59 Å². The van der Waals surface area contributed by atoms with Crippen LogP contribution in [0.1, 0.15) is 20.7 Å². The van der Waals surface area contributed by atoms with Crippen LogP contribution in [0.3, 0.4) is 0 Å². The molecule has 0 aliphatic carbocycles. The molecule has 0 aliphatic heterocycles. The van der Waals surface area contributed by atoms with Crippen molar-refractivity contribution < 1.29 is 28.5 Å². The molecule has 0 spiro atoms. The van der Waals surface area contributed by atoms with Gasteiger partial charge >= 0.3 is 11.9 Å². The Morgan fingerprint density at radius 3 is 1.21 bits per heavy atom. The molecule has 0 radical (unpaired) electrons. The van der Waals surface area contributed by atoms with Crippen LogP contribution < -0.4 is 9.47 Å². The fourth-order valence-electron chi connectivity index (χ4n) is 2.15. The van der Waals surface area contributed by atoms with Gasteiger partial charge in [0.25, 0.3) is 0 Å². The van der Waals surface area contributed by atoms with Gasteiger partial charge < -0.3 is 18.9 Å². The summed E-state index contributed by atoms with van der Waals surface area (Å²) >= 11 is 24.4. The molecule has 0 N–H and O–H groups in total. The number of benzene rings is 2. The summed E-state index contributed by atoms with van der Waals surface area (Å²) in [5, 5.41) is 0.579. The maximum absolute atomic E-state index is 11.5. The second-order valence-electron chi connectivity index (χ2n) is 5.22. The molecule has 28 heavy (non-hydrogen) atoms. The fraction of sp³-hybridized carbons (Fsp3) is 0.222. The zero-order valence-electron chi connectivity index (χ0n) is 14.7. The fourth-order valence-corrected chi connectivity index (χ4v) is 3.35.